The van der Waals surface area contributed by atoms with Gasteiger partial charge in [0.25, 0.3) is 0 Å². The normalized spacial score (nSPS) is 16.0. The van der Waals surface area contributed by atoms with E-state index in [0.717, 1.165) is 19.3 Å². The van der Waals surface area contributed by atoms with Crippen LogP contribution in [0.5, 0.6) is 5.75 Å². The van der Waals surface area contributed by atoms with Crippen molar-refractivity contribution in [2.45, 2.75) is 44.0 Å². The Bertz CT molecular complexity index is 684. The highest BCUT2D eigenvalue weighted by molar-refractivity contribution is 7.89. The van der Waals surface area contributed by atoms with Gasteiger partial charge in [0.05, 0.1) is 17.7 Å². The highest BCUT2D eigenvalue weighted by Gasteiger charge is 2.26. The molecule has 1 aromatic rings. The summed E-state index contributed by atoms with van der Waals surface area (Å²) in [4.78, 5) is 0.245. The van der Waals surface area contributed by atoms with Crippen LogP contribution in [-0.2, 0) is 10.0 Å². The van der Waals surface area contributed by atoms with E-state index < -0.39 is 10.0 Å². The van der Waals surface area contributed by atoms with E-state index in [4.69, 9.17) is 17.0 Å². The van der Waals surface area contributed by atoms with Gasteiger partial charge in [0.15, 0.2) is 5.11 Å². The number of methoxy groups -OCH3 is 1. The Morgan fingerprint density at radius 3 is 2.50 bits per heavy atom. The van der Waals surface area contributed by atoms with Crippen LogP contribution in [-0.4, -0.2) is 44.1 Å². The molecule has 0 atom stereocenters. The van der Waals surface area contributed by atoms with Crippen molar-refractivity contribution in [1.82, 2.24) is 9.62 Å². The van der Waals surface area contributed by atoms with Crippen LogP contribution in [0.15, 0.2) is 23.1 Å². The molecule has 0 saturated carbocycles. The van der Waals surface area contributed by atoms with E-state index in [1.54, 1.807) is 22.5 Å². The Labute approximate surface area is 149 Å². The van der Waals surface area contributed by atoms with E-state index in [0.29, 0.717) is 29.6 Å². The third-order valence-corrected chi connectivity index (χ3v) is 5.91. The van der Waals surface area contributed by atoms with Gasteiger partial charge in [0, 0.05) is 25.2 Å². The molecule has 0 spiro atoms. The van der Waals surface area contributed by atoms with Crippen LogP contribution in [0.25, 0.3) is 0 Å². The Morgan fingerprint density at radius 2 is 1.92 bits per heavy atom. The van der Waals surface area contributed by atoms with Crippen molar-refractivity contribution in [3.63, 3.8) is 0 Å². The lowest BCUT2D eigenvalue weighted by atomic mass is 10.2. The maximum Gasteiger partial charge on any atom is 0.243 e. The van der Waals surface area contributed by atoms with E-state index in [-0.39, 0.29) is 10.9 Å². The lowest BCUT2D eigenvalue weighted by Gasteiger charge is -2.26. The summed E-state index contributed by atoms with van der Waals surface area (Å²) in [6, 6.07) is 5.02. The Morgan fingerprint density at radius 1 is 1.25 bits per heavy atom. The van der Waals surface area contributed by atoms with Crippen molar-refractivity contribution in [1.29, 1.82) is 0 Å². The van der Waals surface area contributed by atoms with Crippen LogP contribution in [0.1, 0.15) is 33.1 Å². The van der Waals surface area contributed by atoms with E-state index >= 15 is 0 Å². The SMILES string of the molecule is COc1cc(S(=O)(=O)N2CCCCC2)ccc1NC(=S)NC(C)C. The van der Waals surface area contributed by atoms with Crippen molar-refractivity contribution in [3.05, 3.63) is 18.2 Å². The molecule has 2 rings (SSSR count). The van der Waals surface area contributed by atoms with Crippen LogP contribution >= 0.6 is 12.2 Å². The first-order chi connectivity index (χ1) is 11.3. The molecule has 1 aliphatic heterocycles. The number of rotatable bonds is 5. The van der Waals surface area contributed by atoms with Crippen molar-refractivity contribution in [2.24, 2.45) is 0 Å². The summed E-state index contributed by atoms with van der Waals surface area (Å²) in [5.74, 6) is 0.445. The molecular weight excluding hydrogens is 346 g/mol. The minimum Gasteiger partial charge on any atom is -0.495 e. The minimum atomic E-state index is -3.48. The average molecular weight is 372 g/mol. The first kappa shape index (κ1) is 19.0. The molecule has 1 aromatic carbocycles. The van der Waals surface area contributed by atoms with Crippen LogP contribution in [0.3, 0.4) is 0 Å². The van der Waals surface area contributed by atoms with Crippen molar-refractivity contribution in [2.75, 3.05) is 25.5 Å². The van der Waals surface area contributed by atoms with Crippen molar-refractivity contribution < 1.29 is 13.2 Å². The van der Waals surface area contributed by atoms with Crippen LogP contribution in [0, 0.1) is 0 Å². The van der Waals surface area contributed by atoms with Crippen molar-refractivity contribution >= 4 is 33.0 Å². The smallest absolute Gasteiger partial charge is 0.243 e. The molecule has 1 fully saturated rings. The summed E-state index contributed by atoms with van der Waals surface area (Å²) >= 11 is 5.22. The van der Waals surface area contributed by atoms with Gasteiger partial charge in [0.1, 0.15) is 5.75 Å². The fourth-order valence-electron chi connectivity index (χ4n) is 2.61. The van der Waals surface area contributed by atoms with Gasteiger partial charge in [-0.15, -0.1) is 0 Å². The largest absolute Gasteiger partial charge is 0.495 e. The zero-order valence-electron chi connectivity index (χ0n) is 14.3. The van der Waals surface area contributed by atoms with E-state index in [1.165, 1.54) is 7.11 Å². The zero-order valence-corrected chi connectivity index (χ0v) is 16.0. The molecule has 0 amide bonds. The predicted molar refractivity (Wildman–Crippen MR) is 100 cm³/mol. The Hall–Kier alpha value is -1.38. The van der Waals surface area contributed by atoms with E-state index in [2.05, 4.69) is 10.6 Å². The van der Waals surface area contributed by atoms with Gasteiger partial charge in [-0.2, -0.15) is 4.31 Å². The van der Waals surface area contributed by atoms with Gasteiger partial charge in [0.2, 0.25) is 10.0 Å². The first-order valence-electron chi connectivity index (χ1n) is 8.10. The summed E-state index contributed by atoms with van der Waals surface area (Å²) in [5, 5.41) is 6.58. The lowest BCUT2D eigenvalue weighted by molar-refractivity contribution is 0.346. The monoisotopic (exact) mass is 371 g/mol. The standard InChI is InChI=1S/C16H25N3O3S2/c1-12(2)17-16(23)18-14-8-7-13(11-15(14)22-3)24(20,21)19-9-5-4-6-10-19/h7-8,11-12H,4-6,9-10H2,1-3H3,(H2,17,18,23). The molecule has 0 aliphatic carbocycles. The van der Waals surface area contributed by atoms with Crippen molar-refractivity contribution in [3.8, 4) is 5.75 Å². The summed E-state index contributed by atoms with van der Waals surface area (Å²) in [7, 11) is -1.97. The second kappa shape index (κ2) is 8.13. The minimum absolute atomic E-state index is 0.203. The molecule has 0 radical (unpaired) electrons. The van der Waals surface area contributed by atoms with Gasteiger partial charge in [-0.05, 0) is 51.0 Å². The molecule has 1 saturated heterocycles. The number of anilines is 1. The maximum absolute atomic E-state index is 12.7. The topological polar surface area (TPSA) is 70.7 Å². The van der Waals surface area contributed by atoms with Gasteiger partial charge in [-0.25, -0.2) is 8.42 Å². The number of hydrogen-bond donors (Lipinski definition) is 2. The highest BCUT2D eigenvalue weighted by atomic mass is 32.2. The van der Waals surface area contributed by atoms with Gasteiger partial charge < -0.3 is 15.4 Å². The zero-order chi connectivity index (χ0) is 17.7. The predicted octanol–water partition coefficient (Wildman–Crippen LogP) is 2.56. The lowest BCUT2D eigenvalue weighted by Crippen LogP contribution is -2.35. The first-order valence-corrected chi connectivity index (χ1v) is 9.95. The second-order valence-corrected chi connectivity index (χ2v) is 8.43. The Kier molecular flexibility index (Phi) is 6.42. The Balaban J connectivity index is 2.23. The fourth-order valence-corrected chi connectivity index (χ4v) is 4.49. The number of benzene rings is 1. The molecule has 8 heteroatoms. The summed E-state index contributed by atoms with van der Waals surface area (Å²) in [6.07, 6.45) is 2.90. The van der Waals surface area contributed by atoms with Gasteiger partial charge >= 0.3 is 0 Å². The van der Waals surface area contributed by atoms with E-state index in [9.17, 15) is 8.42 Å². The fraction of sp³-hybridized carbons (Fsp3) is 0.562. The number of piperidine rings is 1. The number of nitrogens with zero attached hydrogens (tertiary/aromatic N) is 1. The molecule has 1 aliphatic rings. The molecule has 134 valence electrons. The number of nitrogens with one attached hydrogen (secondary N) is 2. The van der Waals surface area contributed by atoms with Gasteiger partial charge in [-0.1, -0.05) is 6.42 Å². The summed E-state index contributed by atoms with van der Waals surface area (Å²) in [5.41, 5.74) is 0.633. The number of thiocarbonyl (C=S) groups is 1. The number of hydrogen-bond acceptors (Lipinski definition) is 4. The molecule has 24 heavy (non-hydrogen) atoms. The second-order valence-electron chi connectivity index (χ2n) is 6.08. The third kappa shape index (κ3) is 4.58. The van der Waals surface area contributed by atoms with Crippen LogP contribution in [0.2, 0.25) is 0 Å². The molecule has 1 heterocycles. The third-order valence-electron chi connectivity index (χ3n) is 3.79. The number of sulfonamides is 1. The molecule has 2 N–H and O–H groups in total. The van der Waals surface area contributed by atoms with E-state index in [1.807, 2.05) is 13.8 Å². The maximum atomic E-state index is 12.7. The quantitative estimate of drug-likeness (QED) is 0.775. The summed E-state index contributed by atoms with van der Waals surface area (Å²) in [6.45, 7) is 5.12. The number of ether oxygens (including phenoxy) is 1. The van der Waals surface area contributed by atoms with Gasteiger partial charge in [-0.3, -0.25) is 0 Å². The molecule has 6 nitrogen and oxygen atoms in total. The molecule has 0 unspecified atom stereocenters. The average Bonchev–Trinajstić information content (AvgIpc) is 2.55. The van der Waals surface area contributed by atoms with Crippen LogP contribution < -0.4 is 15.4 Å². The molecule has 0 bridgehead atoms. The van der Waals surface area contributed by atoms with Crippen LogP contribution in [0.4, 0.5) is 5.69 Å². The summed E-state index contributed by atoms with van der Waals surface area (Å²) < 4.78 is 32.4. The molecular formula is C16H25N3O3S2. The highest BCUT2D eigenvalue weighted by Crippen LogP contribution is 2.30. The molecule has 0 aromatic heterocycles.